The quantitative estimate of drug-likeness (QED) is 0.417. The van der Waals surface area contributed by atoms with Gasteiger partial charge in [-0.05, 0) is 41.3 Å². The van der Waals surface area contributed by atoms with E-state index in [1.165, 1.54) is 6.20 Å². The molecule has 0 amide bonds. The standard InChI is InChI=1S/C10H15N3O3/c14-8-3-1-2-6-11-9-5-4-7-12-10(9)13(15)16/h4-5,7,11,14H,1-3,6,8H2. The van der Waals surface area contributed by atoms with E-state index >= 15 is 0 Å². The number of unbranched alkanes of at least 4 members (excludes halogenated alkanes) is 2. The topological polar surface area (TPSA) is 88.3 Å². The number of rotatable bonds is 7. The molecule has 2 N–H and O–H groups in total. The average Bonchev–Trinajstić information content (AvgIpc) is 2.29. The van der Waals surface area contributed by atoms with Crippen LogP contribution in [0.25, 0.3) is 0 Å². The Kier molecular flexibility index (Phi) is 5.21. The smallest absolute Gasteiger partial charge is 0.386 e. The summed E-state index contributed by atoms with van der Waals surface area (Å²) in [7, 11) is 0. The summed E-state index contributed by atoms with van der Waals surface area (Å²) in [6.45, 7) is 0.833. The summed E-state index contributed by atoms with van der Waals surface area (Å²) in [5.41, 5.74) is 0.441. The Morgan fingerprint density at radius 3 is 2.94 bits per heavy atom. The summed E-state index contributed by atoms with van der Waals surface area (Å²) in [5.74, 6) is -0.148. The second-order valence-corrected chi connectivity index (χ2v) is 3.34. The van der Waals surface area contributed by atoms with Gasteiger partial charge in [-0.3, -0.25) is 0 Å². The molecule has 0 bridgehead atoms. The maximum absolute atomic E-state index is 10.6. The first-order valence-corrected chi connectivity index (χ1v) is 5.20. The van der Waals surface area contributed by atoms with Crippen LogP contribution in [0.15, 0.2) is 18.3 Å². The Morgan fingerprint density at radius 2 is 2.25 bits per heavy atom. The van der Waals surface area contributed by atoms with Gasteiger partial charge in [0, 0.05) is 13.2 Å². The molecule has 88 valence electrons. The zero-order chi connectivity index (χ0) is 11.8. The van der Waals surface area contributed by atoms with Gasteiger partial charge in [0.05, 0.1) is 0 Å². The Balaban J connectivity index is 2.44. The van der Waals surface area contributed by atoms with Gasteiger partial charge in [0.1, 0.15) is 11.9 Å². The lowest BCUT2D eigenvalue weighted by Crippen LogP contribution is -2.05. The van der Waals surface area contributed by atoms with Crippen molar-refractivity contribution in [2.75, 3.05) is 18.5 Å². The molecule has 0 saturated carbocycles. The van der Waals surface area contributed by atoms with Crippen molar-refractivity contribution in [1.82, 2.24) is 4.98 Å². The van der Waals surface area contributed by atoms with Crippen molar-refractivity contribution >= 4 is 11.5 Å². The molecule has 0 fully saturated rings. The number of nitro groups is 1. The van der Waals surface area contributed by atoms with Crippen LogP contribution in [-0.4, -0.2) is 28.2 Å². The van der Waals surface area contributed by atoms with Gasteiger partial charge in [-0.15, -0.1) is 0 Å². The first-order chi connectivity index (χ1) is 7.75. The predicted molar refractivity (Wildman–Crippen MR) is 60.3 cm³/mol. The second-order valence-electron chi connectivity index (χ2n) is 3.34. The van der Waals surface area contributed by atoms with E-state index < -0.39 is 4.92 Å². The molecular formula is C10H15N3O3. The number of pyridine rings is 1. The first kappa shape index (κ1) is 12.4. The molecule has 1 aromatic rings. The van der Waals surface area contributed by atoms with Gasteiger partial charge in [-0.2, -0.15) is 0 Å². The molecule has 0 aromatic carbocycles. The number of nitrogens with one attached hydrogen (secondary N) is 1. The molecule has 0 spiro atoms. The Morgan fingerprint density at radius 1 is 1.44 bits per heavy atom. The zero-order valence-electron chi connectivity index (χ0n) is 8.93. The van der Waals surface area contributed by atoms with Crippen molar-refractivity contribution in [2.45, 2.75) is 19.3 Å². The summed E-state index contributed by atoms with van der Waals surface area (Å²) in [6, 6.07) is 3.29. The summed E-state index contributed by atoms with van der Waals surface area (Å²) in [6.07, 6.45) is 3.93. The fourth-order valence-electron chi connectivity index (χ4n) is 1.32. The van der Waals surface area contributed by atoms with Crippen LogP contribution in [-0.2, 0) is 0 Å². The lowest BCUT2D eigenvalue weighted by Gasteiger charge is -2.05. The second kappa shape index (κ2) is 6.73. The van der Waals surface area contributed by atoms with E-state index in [0.717, 1.165) is 19.3 Å². The predicted octanol–water partition coefficient (Wildman–Crippen LogP) is 1.56. The minimum absolute atomic E-state index is 0.148. The molecule has 0 aliphatic rings. The van der Waals surface area contributed by atoms with Gasteiger partial charge in [-0.1, -0.05) is 0 Å². The third-order valence-corrected chi connectivity index (χ3v) is 2.11. The van der Waals surface area contributed by atoms with E-state index in [2.05, 4.69) is 10.3 Å². The van der Waals surface area contributed by atoms with Crippen LogP contribution in [0.2, 0.25) is 0 Å². The van der Waals surface area contributed by atoms with E-state index in [4.69, 9.17) is 5.11 Å². The van der Waals surface area contributed by atoms with Gasteiger partial charge in [-0.25, -0.2) is 0 Å². The molecule has 0 saturated heterocycles. The number of aliphatic hydroxyl groups excluding tert-OH is 1. The fourth-order valence-corrected chi connectivity index (χ4v) is 1.32. The highest BCUT2D eigenvalue weighted by atomic mass is 16.6. The lowest BCUT2D eigenvalue weighted by atomic mass is 10.2. The molecule has 16 heavy (non-hydrogen) atoms. The third kappa shape index (κ3) is 3.82. The number of nitrogens with zero attached hydrogens (tertiary/aromatic N) is 2. The Bertz CT molecular complexity index is 344. The van der Waals surface area contributed by atoms with Crippen LogP contribution in [0.4, 0.5) is 11.5 Å². The van der Waals surface area contributed by atoms with E-state index in [9.17, 15) is 10.1 Å². The molecule has 0 radical (unpaired) electrons. The molecule has 1 heterocycles. The largest absolute Gasteiger partial charge is 0.396 e. The number of hydrogen-bond acceptors (Lipinski definition) is 5. The molecule has 0 atom stereocenters. The van der Waals surface area contributed by atoms with Gasteiger partial charge in [0.2, 0.25) is 0 Å². The van der Waals surface area contributed by atoms with Crippen molar-refractivity contribution in [1.29, 1.82) is 0 Å². The number of anilines is 1. The van der Waals surface area contributed by atoms with E-state index in [1.807, 2.05) is 0 Å². The minimum atomic E-state index is -0.504. The van der Waals surface area contributed by atoms with Gasteiger partial charge in [0.15, 0.2) is 0 Å². The number of hydrogen-bond donors (Lipinski definition) is 2. The van der Waals surface area contributed by atoms with Crippen LogP contribution in [0.3, 0.4) is 0 Å². The summed E-state index contributed by atoms with van der Waals surface area (Å²) < 4.78 is 0. The van der Waals surface area contributed by atoms with E-state index in [1.54, 1.807) is 12.1 Å². The SMILES string of the molecule is O=[N+]([O-])c1ncccc1NCCCCCO. The Hall–Kier alpha value is -1.69. The van der Waals surface area contributed by atoms with Crippen molar-refractivity contribution in [3.05, 3.63) is 28.4 Å². The molecule has 0 aliphatic heterocycles. The maximum atomic E-state index is 10.6. The highest BCUT2D eigenvalue weighted by Crippen LogP contribution is 2.19. The van der Waals surface area contributed by atoms with Crippen LogP contribution in [0, 0.1) is 10.1 Å². The maximum Gasteiger partial charge on any atom is 0.386 e. The molecule has 0 aliphatic carbocycles. The van der Waals surface area contributed by atoms with Crippen LogP contribution in [0.5, 0.6) is 0 Å². The number of aliphatic hydroxyl groups is 1. The summed E-state index contributed by atoms with van der Waals surface area (Å²) >= 11 is 0. The van der Waals surface area contributed by atoms with Crippen molar-refractivity contribution in [3.63, 3.8) is 0 Å². The average molecular weight is 225 g/mol. The zero-order valence-corrected chi connectivity index (χ0v) is 8.93. The van der Waals surface area contributed by atoms with Crippen LogP contribution in [0.1, 0.15) is 19.3 Å². The highest BCUT2D eigenvalue weighted by molar-refractivity contribution is 5.56. The van der Waals surface area contributed by atoms with Gasteiger partial charge < -0.3 is 20.5 Å². The minimum Gasteiger partial charge on any atom is -0.396 e. The van der Waals surface area contributed by atoms with Gasteiger partial charge >= 0.3 is 5.82 Å². The van der Waals surface area contributed by atoms with Crippen molar-refractivity contribution in [3.8, 4) is 0 Å². The third-order valence-electron chi connectivity index (χ3n) is 2.11. The summed E-state index contributed by atoms with van der Waals surface area (Å²) in [4.78, 5) is 13.8. The van der Waals surface area contributed by atoms with Gasteiger partial charge in [0.25, 0.3) is 0 Å². The first-order valence-electron chi connectivity index (χ1n) is 5.20. The lowest BCUT2D eigenvalue weighted by molar-refractivity contribution is -0.388. The van der Waals surface area contributed by atoms with E-state index in [0.29, 0.717) is 12.2 Å². The Labute approximate surface area is 93.5 Å². The van der Waals surface area contributed by atoms with Crippen molar-refractivity contribution in [2.24, 2.45) is 0 Å². The van der Waals surface area contributed by atoms with Crippen LogP contribution >= 0.6 is 0 Å². The molecule has 0 unspecified atom stereocenters. The summed E-state index contributed by atoms with van der Waals surface area (Å²) in [5, 5.41) is 22.2. The molecule has 1 aromatic heterocycles. The van der Waals surface area contributed by atoms with Crippen LogP contribution < -0.4 is 5.32 Å². The fraction of sp³-hybridized carbons (Fsp3) is 0.500. The monoisotopic (exact) mass is 225 g/mol. The molecule has 6 nitrogen and oxygen atoms in total. The van der Waals surface area contributed by atoms with E-state index in [-0.39, 0.29) is 12.4 Å². The number of aromatic nitrogens is 1. The molecular weight excluding hydrogens is 210 g/mol. The normalized spacial score (nSPS) is 10.1. The van der Waals surface area contributed by atoms with Crippen molar-refractivity contribution < 1.29 is 10.0 Å². The molecule has 6 heteroatoms. The molecule has 1 rings (SSSR count). The highest BCUT2D eigenvalue weighted by Gasteiger charge is 2.12.